The van der Waals surface area contributed by atoms with Gasteiger partial charge in [0.1, 0.15) is 0 Å². The number of aliphatic hydroxyl groups is 2. The fourth-order valence-corrected chi connectivity index (χ4v) is 3.82. The zero-order valence-corrected chi connectivity index (χ0v) is 12.6. The molecule has 0 amide bonds. The molecule has 0 aromatic heterocycles. The van der Waals surface area contributed by atoms with Crippen LogP contribution in [-0.2, 0) is 10.0 Å². The van der Waals surface area contributed by atoms with Gasteiger partial charge in [-0.15, -0.1) is 0 Å². The van der Waals surface area contributed by atoms with E-state index in [1.54, 1.807) is 12.1 Å². The molecule has 0 unspecified atom stereocenters. The Hall–Kier alpha value is 0.01000. The van der Waals surface area contributed by atoms with E-state index in [1.165, 1.54) is 6.07 Å². The van der Waals surface area contributed by atoms with Gasteiger partial charge in [-0.25, -0.2) is 13.1 Å². The molecule has 1 aromatic carbocycles. The summed E-state index contributed by atoms with van der Waals surface area (Å²) in [5, 5.41) is 17.7. The van der Waals surface area contributed by atoms with Crippen LogP contribution in [0.3, 0.4) is 0 Å². The molecular formula is C9H11Br2NO4S. The van der Waals surface area contributed by atoms with Crippen LogP contribution in [0.15, 0.2) is 32.0 Å². The highest BCUT2D eigenvalue weighted by Gasteiger charge is 2.21. The Kier molecular flexibility index (Phi) is 5.55. The number of nitrogens with one attached hydrogen (secondary N) is 1. The van der Waals surface area contributed by atoms with E-state index in [9.17, 15) is 8.42 Å². The maximum atomic E-state index is 11.9. The molecule has 0 radical (unpaired) electrons. The van der Waals surface area contributed by atoms with Crippen LogP contribution >= 0.6 is 31.9 Å². The van der Waals surface area contributed by atoms with Gasteiger partial charge in [0, 0.05) is 8.95 Å². The standard InChI is InChI=1S/C9H11Br2NO4S/c10-6-1-2-8(11)9(3-6)17(15,16)12-7(4-13)5-14/h1-3,7,12-14H,4-5H2. The molecule has 0 fully saturated rings. The summed E-state index contributed by atoms with van der Waals surface area (Å²) in [5.41, 5.74) is 0. The molecule has 5 nitrogen and oxygen atoms in total. The first kappa shape index (κ1) is 15.1. The van der Waals surface area contributed by atoms with Crippen LogP contribution in [0.25, 0.3) is 0 Å². The van der Waals surface area contributed by atoms with E-state index < -0.39 is 29.3 Å². The smallest absolute Gasteiger partial charge is 0.242 e. The fraction of sp³-hybridized carbons (Fsp3) is 0.333. The van der Waals surface area contributed by atoms with E-state index in [0.29, 0.717) is 8.95 Å². The highest BCUT2D eigenvalue weighted by molar-refractivity contribution is 9.11. The van der Waals surface area contributed by atoms with Gasteiger partial charge in [-0.2, -0.15) is 0 Å². The molecule has 96 valence electrons. The van der Waals surface area contributed by atoms with Crippen LogP contribution in [0.1, 0.15) is 0 Å². The molecule has 17 heavy (non-hydrogen) atoms. The molecule has 0 aliphatic heterocycles. The zero-order chi connectivity index (χ0) is 13.1. The van der Waals surface area contributed by atoms with Gasteiger partial charge in [0.2, 0.25) is 10.0 Å². The first-order valence-corrected chi connectivity index (χ1v) is 7.66. The molecule has 0 aliphatic rings. The van der Waals surface area contributed by atoms with E-state index in [1.807, 2.05) is 0 Å². The van der Waals surface area contributed by atoms with Gasteiger partial charge in [-0.05, 0) is 34.1 Å². The number of rotatable bonds is 5. The van der Waals surface area contributed by atoms with Gasteiger partial charge in [0.25, 0.3) is 0 Å². The van der Waals surface area contributed by atoms with Gasteiger partial charge >= 0.3 is 0 Å². The second-order valence-corrected chi connectivity index (χ2v) is 6.71. The molecule has 0 spiro atoms. The summed E-state index contributed by atoms with van der Waals surface area (Å²) >= 11 is 6.31. The van der Waals surface area contributed by atoms with Crippen molar-refractivity contribution in [2.45, 2.75) is 10.9 Å². The number of benzene rings is 1. The third-order valence-corrected chi connectivity index (χ3v) is 4.95. The van der Waals surface area contributed by atoms with Crippen molar-refractivity contribution in [1.82, 2.24) is 4.72 Å². The molecule has 0 saturated carbocycles. The normalized spacial score (nSPS) is 12.1. The number of sulfonamides is 1. The van der Waals surface area contributed by atoms with Crippen molar-refractivity contribution >= 4 is 41.9 Å². The molecule has 0 heterocycles. The number of halogens is 2. The molecule has 0 saturated heterocycles. The van der Waals surface area contributed by atoms with E-state index >= 15 is 0 Å². The maximum Gasteiger partial charge on any atom is 0.242 e. The Labute approximate surface area is 116 Å². The van der Waals surface area contributed by atoms with Crippen molar-refractivity contribution in [3.63, 3.8) is 0 Å². The van der Waals surface area contributed by atoms with Crippen molar-refractivity contribution in [2.75, 3.05) is 13.2 Å². The van der Waals surface area contributed by atoms with Crippen LogP contribution in [0, 0.1) is 0 Å². The number of hydrogen-bond donors (Lipinski definition) is 3. The minimum Gasteiger partial charge on any atom is -0.395 e. The van der Waals surface area contributed by atoms with Gasteiger partial charge in [0.05, 0.1) is 24.2 Å². The van der Waals surface area contributed by atoms with Crippen molar-refractivity contribution in [1.29, 1.82) is 0 Å². The Bertz CT molecular complexity index is 488. The highest BCUT2D eigenvalue weighted by Crippen LogP contribution is 2.25. The van der Waals surface area contributed by atoms with Crippen LogP contribution in [-0.4, -0.2) is 37.9 Å². The predicted octanol–water partition coefficient (Wildman–Crippen LogP) is 0.843. The second kappa shape index (κ2) is 6.26. The van der Waals surface area contributed by atoms with Crippen LogP contribution < -0.4 is 4.72 Å². The quantitative estimate of drug-likeness (QED) is 0.697. The lowest BCUT2D eigenvalue weighted by atomic mass is 10.4. The summed E-state index contributed by atoms with van der Waals surface area (Å²) in [6.45, 7) is -0.942. The molecule has 1 rings (SSSR count). The van der Waals surface area contributed by atoms with Gasteiger partial charge in [-0.1, -0.05) is 15.9 Å². The molecule has 0 atom stereocenters. The van der Waals surface area contributed by atoms with Crippen LogP contribution in [0.5, 0.6) is 0 Å². The summed E-state index contributed by atoms with van der Waals surface area (Å²) in [5.74, 6) is 0. The average Bonchev–Trinajstić information content (AvgIpc) is 2.29. The molecule has 0 aliphatic carbocycles. The van der Waals surface area contributed by atoms with Crippen molar-refractivity contribution in [3.05, 3.63) is 27.1 Å². The third kappa shape index (κ3) is 4.01. The summed E-state index contributed by atoms with van der Waals surface area (Å²) in [7, 11) is -3.78. The van der Waals surface area contributed by atoms with Crippen molar-refractivity contribution < 1.29 is 18.6 Å². The van der Waals surface area contributed by atoms with Crippen molar-refractivity contribution in [2.24, 2.45) is 0 Å². The second-order valence-electron chi connectivity index (χ2n) is 3.26. The summed E-state index contributed by atoms with van der Waals surface area (Å²) in [4.78, 5) is 0.0405. The summed E-state index contributed by atoms with van der Waals surface area (Å²) in [6.07, 6.45) is 0. The Balaban J connectivity index is 3.09. The number of aliphatic hydroxyl groups excluding tert-OH is 2. The third-order valence-electron chi connectivity index (χ3n) is 1.95. The van der Waals surface area contributed by atoms with E-state index in [0.717, 1.165) is 0 Å². The molecule has 1 aromatic rings. The van der Waals surface area contributed by atoms with Crippen LogP contribution in [0.4, 0.5) is 0 Å². The fourth-order valence-electron chi connectivity index (χ4n) is 1.10. The molecule has 0 bridgehead atoms. The number of hydrogen-bond acceptors (Lipinski definition) is 4. The zero-order valence-electron chi connectivity index (χ0n) is 8.60. The largest absolute Gasteiger partial charge is 0.395 e. The molecular weight excluding hydrogens is 378 g/mol. The minimum atomic E-state index is -3.78. The van der Waals surface area contributed by atoms with E-state index in [4.69, 9.17) is 10.2 Å². The van der Waals surface area contributed by atoms with E-state index in [-0.39, 0.29) is 4.90 Å². The van der Waals surface area contributed by atoms with Gasteiger partial charge < -0.3 is 10.2 Å². The first-order chi connectivity index (χ1) is 7.90. The minimum absolute atomic E-state index is 0.0405. The van der Waals surface area contributed by atoms with Crippen molar-refractivity contribution in [3.8, 4) is 0 Å². The Morgan fingerprint density at radius 1 is 1.24 bits per heavy atom. The molecule has 3 N–H and O–H groups in total. The molecule has 8 heteroatoms. The lowest BCUT2D eigenvalue weighted by Crippen LogP contribution is -2.40. The SMILES string of the molecule is O=S(=O)(NC(CO)CO)c1cc(Br)ccc1Br. The maximum absolute atomic E-state index is 11.9. The van der Waals surface area contributed by atoms with Gasteiger partial charge in [-0.3, -0.25) is 0 Å². The topological polar surface area (TPSA) is 86.6 Å². The highest BCUT2D eigenvalue weighted by atomic mass is 79.9. The van der Waals surface area contributed by atoms with Gasteiger partial charge in [0.15, 0.2) is 0 Å². The average molecular weight is 389 g/mol. The lowest BCUT2D eigenvalue weighted by molar-refractivity contribution is 0.185. The monoisotopic (exact) mass is 387 g/mol. The predicted molar refractivity (Wildman–Crippen MR) is 70.1 cm³/mol. The Morgan fingerprint density at radius 2 is 1.82 bits per heavy atom. The summed E-state index contributed by atoms with van der Waals surface area (Å²) < 4.78 is 27.1. The van der Waals surface area contributed by atoms with E-state index in [2.05, 4.69) is 36.6 Å². The van der Waals surface area contributed by atoms with Crippen LogP contribution in [0.2, 0.25) is 0 Å². The summed E-state index contributed by atoms with van der Waals surface area (Å²) in [6, 6.07) is 3.80. The lowest BCUT2D eigenvalue weighted by Gasteiger charge is -2.14. The first-order valence-electron chi connectivity index (χ1n) is 4.60. The Morgan fingerprint density at radius 3 is 2.35 bits per heavy atom.